The van der Waals surface area contributed by atoms with Gasteiger partial charge in [0.2, 0.25) is 5.91 Å². The molecule has 0 aliphatic carbocycles. The molecule has 3 N–H and O–H groups in total. The summed E-state index contributed by atoms with van der Waals surface area (Å²) in [6, 6.07) is 4.69. The van der Waals surface area contributed by atoms with Gasteiger partial charge in [-0.2, -0.15) is 0 Å². The molecule has 8 heteroatoms. The third kappa shape index (κ3) is 3.77. The van der Waals surface area contributed by atoms with Crippen LogP contribution in [0.4, 0.5) is 11.4 Å². The summed E-state index contributed by atoms with van der Waals surface area (Å²) in [7, 11) is -2.03. The fourth-order valence-electron chi connectivity index (χ4n) is 1.26. The molecule has 0 bridgehead atoms. The van der Waals surface area contributed by atoms with Crippen molar-refractivity contribution in [2.45, 2.75) is 18.6 Å². The molecule has 1 aromatic carbocycles. The van der Waals surface area contributed by atoms with Crippen LogP contribution in [0.5, 0.6) is 5.75 Å². The zero-order valence-corrected chi connectivity index (χ0v) is 13.4. The van der Waals surface area contributed by atoms with Crippen LogP contribution in [0.2, 0.25) is 0 Å². The summed E-state index contributed by atoms with van der Waals surface area (Å²) in [5.74, 6) is -0.125. The molecule has 0 saturated heterocycles. The molecule has 20 heavy (non-hydrogen) atoms. The number of halogens is 1. The summed E-state index contributed by atoms with van der Waals surface area (Å²) < 4.78 is 26.6. The molecular weight excluding hydrogens is 304 g/mol. The lowest BCUT2D eigenvalue weighted by molar-refractivity contribution is -0.117. The molecule has 0 heterocycles. The van der Waals surface area contributed by atoms with Crippen molar-refractivity contribution in [1.29, 1.82) is 0 Å². The third-order valence-corrected chi connectivity index (χ3v) is 5.00. The van der Waals surface area contributed by atoms with E-state index in [1.807, 2.05) is 0 Å². The van der Waals surface area contributed by atoms with Gasteiger partial charge in [0.1, 0.15) is 10.5 Å². The van der Waals surface area contributed by atoms with Crippen molar-refractivity contribution in [3.05, 3.63) is 18.2 Å². The Balaban J connectivity index is 0.00000361. The number of hydrogen-bond acceptors (Lipinski definition) is 5. The van der Waals surface area contributed by atoms with Gasteiger partial charge in [-0.05, 0) is 32.0 Å². The quantitative estimate of drug-likeness (QED) is 0.818. The van der Waals surface area contributed by atoms with Crippen LogP contribution in [-0.4, -0.2) is 32.4 Å². The van der Waals surface area contributed by atoms with E-state index in [1.165, 1.54) is 27.0 Å². The van der Waals surface area contributed by atoms with Gasteiger partial charge in [-0.3, -0.25) is 4.79 Å². The molecule has 114 valence electrons. The average Bonchev–Trinajstić information content (AvgIpc) is 2.27. The SMILES string of the molecule is COc1ccc(NC(=O)C(C)(C)S(C)(=O)=O)cc1N.Cl. The lowest BCUT2D eigenvalue weighted by Gasteiger charge is -2.21. The molecule has 0 atom stereocenters. The molecule has 0 aliphatic heterocycles. The van der Waals surface area contributed by atoms with Crippen molar-refractivity contribution in [3.63, 3.8) is 0 Å². The number of nitrogen functional groups attached to an aromatic ring is 1. The predicted molar refractivity (Wildman–Crippen MR) is 82.2 cm³/mol. The molecule has 1 aromatic rings. The van der Waals surface area contributed by atoms with Gasteiger partial charge in [-0.1, -0.05) is 0 Å². The Hall–Kier alpha value is -1.47. The van der Waals surface area contributed by atoms with Crippen molar-refractivity contribution in [1.82, 2.24) is 0 Å². The van der Waals surface area contributed by atoms with Gasteiger partial charge in [0.25, 0.3) is 0 Å². The first kappa shape index (κ1) is 18.5. The highest BCUT2D eigenvalue weighted by Gasteiger charge is 2.38. The van der Waals surface area contributed by atoms with Gasteiger partial charge in [-0.15, -0.1) is 12.4 Å². The minimum Gasteiger partial charge on any atom is -0.495 e. The second kappa shape index (κ2) is 6.32. The van der Waals surface area contributed by atoms with E-state index in [9.17, 15) is 13.2 Å². The van der Waals surface area contributed by atoms with Crippen LogP contribution in [0, 0.1) is 0 Å². The second-order valence-corrected chi connectivity index (χ2v) is 7.26. The molecular formula is C12H19ClN2O4S. The number of sulfone groups is 1. The summed E-state index contributed by atoms with van der Waals surface area (Å²) in [6.45, 7) is 2.70. The third-order valence-electron chi connectivity index (χ3n) is 2.96. The monoisotopic (exact) mass is 322 g/mol. The molecule has 0 aromatic heterocycles. The van der Waals surface area contributed by atoms with Crippen LogP contribution < -0.4 is 15.8 Å². The van der Waals surface area contributed by atoms with E-state index in [0.717, 1.165) is 6.26 Å². The van der Waals surface area contributed by atoms with E-state index in [-0.39, 0.29) is 12.4 Å². The van der Waals surface area contributed by atoms with E-state index in [0.29, 0.717) is 17.1 Å². The highest BCUT2D eigenvalue weighted by Crippen LogP contribution is 2.26. The molecule has 6 nitrogen and oxygen atoms in total. The van der Waals surface area contributed by atoms with Crippen LogP contribution in [0.1, 0.15) is 13.8 Å². The van der Waals surface area contributed by atoms with Crippen LogP contribution in [0.3, 0.4) is 0 Å². The zero-order chi connectivity index (χ0) is 14.8. The molecule has 1 amide bonds. The highest BCUT2D eigenvalue weighted by atomic mass is 35.5. The fourth-order valence-corrected chi connectivity index (χ4v) is 1.65. The highest BCUT2D eigenvalue weighted by molar-refractivity contribution is 7.92. The van der Waals surface area contributed by atoms with Gasteiger partial charge in [0.15, 0.2) is 9.84 Å². The molecule has 0 aliphatic rings. The Morgan fingerprint density at radius 1 is 1.35 bits per heavy atom. The molecule has 0 saturated carbocycles. The van der Waals surface area contributed by atoms with E-state index in [1.54, 1.807) is 12.1 Å². The number of rotatable bonds is 4. The second-order valence-electron chi connectivity index (χ2n) is 4.69. The average molecular weight is 323 g/mol. The van der Waals surface area contributed by atoms with Gasteiger partial charge >= 0.3 is 0 Å². The predicted octanol–water partition coefficient (Wildman–Crippen LogP) is 1.46. The number of benzene rings is 1. The first-order chi connectivity index (χ1) is 8.59. The lowest BCUT2D eigenvalue weighted by atomic mass is 10.2. The van der Waals surface area contributed by atoms with Crippen molar-refractivity contribution in [3.8, 4) is 5.75 Å². The van der Waals surface area contributed by atoms with Gasteiger partial charge in [0, 0.05) is 11.9 Å². The number of carbonyl (C=O) groups is 1. The summed E-state index contributed by atoms with van der Waals surface area (Å²) in [5.41, 5.74) is 6.48. The maximum absolute atomic E-state index is 12.0. The van der Waals surface area contributed by atoms with Crippen LogP contribution in [-0.2, 0) is 14.6 Å². The summed E-state index contributed by atoms with van der Waals surface area (Å²) >= 11 is 0. The van der Waals surface area contributed by atoms with Crippen molar-refractivity contribution in [2.24, 2.45) is 0 Å². The number of amides is 1. The number of nitrogens with two attached hydrogens (primary N) is 1. The summed E-state index contributed by atoms with van der Waals surface area (Å²) in [4.78, 5) is 12.0. The molecule has 0 fully saturated rings. The minimum atomic E-state index is -3.51. The standard InChI is InChI=1S/C12H18N2O4S.ClH/c1-12(2,19(4,16)17)11(15)14-8-5-6-10(18-3)9(13)7-8;/h5-7H,13H2,1-4H3,(H,14,15);1H. The van der Waals surface area contributed by atoms with E-state index in [4.69, 9.17) is 10.5 Å². The largest absolute Gasteiger partial charge is 0.495 e. The van der Waals surface area contributed by atoms with Gasteiger partial charge in [-0.25, -0.2) is 8.42 Å². The number of anilines is 2. The van der Waals surface area contributed by atoms with Crippen molar-refractivity contribution in [2.75, 3.05) is 24.4 Å². The maximum atomic E-state index is 12.0. The molecule has 0 unspecified atom stereocenters. The number of nitrogens with one attached hydrogen (secondary N) is 1. The Kier molecular flexibility index (Phi) is 5.86. The fraction of sp³-hybridized carbons (Fsp3) is 0.417. The number of methoxy groups -OCH3 is 1. The van der Waals surface area contributed by atoms with Crippen LogP contribution >= 0.6 is 12.4 Å². The zero-order valence-electron chi connectivity index (χ0n) is 11.8. The molecule has 1 rings (SSSR count). The van der Waals surface area contributed by atoms with Gasteiger partial charge < -0.3 is 15.8 Å². The van der Waals surface area contributed by atoms with E-state index < -0.39 is 20.5 Å². The lowest BCUT2D eigenvalue weighted by Crippen LogP contribution is -2.43. The van der Waals surface area contributed by atoms with Gasteiger partial charge in [0.05, 0.1) is 12.8 Å². The Morgan fingerprint density at radius 3 is 2.30 bits per heavy atom. The summed E-state index contributed by atoms with van der Waals surface area (Å²) in [6.07, 6.45) is 1.02. The van der Waals surface area contributed by atoms with Crippen molar-refractivity contribution < 1.29 is 17.9 Å². The topological polar surface area (TPSA) is 98.5 Å². The Bertz CT molecular complexity index is 599. The van der Waals surface area contributed by atoms with Crippen LogP contribution in [0.15, 0.2) is 18.2 Å². The molecule has 0 spiro atoms. The first-order valence-electron chi connectivity index (χ1n) is 5.54. The Labute approximate surface area is 125 Å². The first-order valence-corrected chi connectivity index (χ1v) is 7.43. The smallest absolute Gasteiger partial charge is 0.245 e. The number of hydrogen-bond donors (Lipinski definition) is 2. The van der Waals surface area contributed by atoms with E-state index >= 15 is 0 Å². The number of carbonyl (C=O) groups excluding carboxylic acids is 1. The maximum Gasteiger partial charge on any atom is 0.245 e. The van der Waals surface area contributed by atoms with Crippen molar-refractivity contribution >= 4 is 39.5 Å². The minimum absolute atomic E-state index is 0. The molecule has 0 radical (unpaired) electrons. The normalized spacial score (nSPS) is 11.4. The number of ether oxygens (including phenoxy) is 1. The summed E-state index contributed by atoms with van der Waals surface area (Å²) in [5, 5.41) is 2.53. The Morgan fingerprint density at radius 2 is 1.90 bits per heavy atom. The van der Waals surface area contributed by atoms with Crippen LogP contribution in [0.25, 0.3) is 0 Å². The van der Waals surface area contributed by atoms with E-state index in [2.05, 4.69) is 5.32 Å².